The van der Waals surface area contributed by atoms with Crippen LogP contribution < -0.4 is 10.6 Å². The van der Waals surface area contributed by atoms with Gasteiger partial charge in [0.25, 0.3) is 0 Å². The van der Waals surface area contributed by atoms with Crippen LogP contribution in [0.1, 0.15) is 26.7 Å². The molecule has 3 unspecified atom stereocenters. The average Bonchev–Trinajstić information content (AvgIpc) is 2.11. The Hall–Kier alpha value is -0.500. The van der Waals surface area contributed by atoms with Gasteiger partial charge in [-0.05, 0) is 31.0 Å². The summed E-state index contributed by atoms with van der Waals surface area (Å²) in [5.74, 6) is 1.59. The van der Waals surface area contributed by atoms with E-state index in [4.69, 9.17) is 0 Å². The minimum absolute atomic E-state index is 0.584. The van der Waals surface area contributed by atoms with Gasteiger partial charge in [0.15, 0.2) is 0 Å². The van der Waals surface area contributed by atoms with Gasteiger partial charge in [0, 0.05) is 12.6 Å². The van der Waals surface area contributed by atoms with Crippen molar-refractivity contribution in [2.75, 3.05) is 13.1 Å². The number of piperidine rings is 1. The highest BCUT2D eigenvalue weighted by Crippen LogP contribution is 2.23. The van der Waals surface area contributed by atoms with E-state index in [2.05, 4.69) is 31.1 Å². The first-order valence-corrected chi connectivity index (χ1v) is 5.37. The molecule has 1 rings (SSSR count). The summed E-state index contributed by atoms with van der Waals surface area (Å²) in [4.78, 5) is 0. The molecule has 2 nitrogen and oxygen atoms in total. The SMILES string of the molecule is C=CNC1CNCC(C)C1CCC. The number of hydrogen-bond donors (Lipinski definition) is 2. The van der Waals surface area contributed by atoms with Crippen molar-refractivity contribution in [3.8, 4) is 0 Å². The Bertz CT molecular complexity index is 156. The molecule has 1 heterocycles. The smallest absolute Gasteiger partial charge is 0.0411 e. The summed E-state index contributed by atoms with van der Waals surface area (Å²) in [6.07, 6.45) is 4.44. The highest BCUT2D eigenvalue weighted by atomic mass is 15.0. The number of hydrogen-bond acceptors (Lipinski definition) is 2. The highest BCUT2D eigenvalue weighted by Gasteiger charge is 2.28. The number of rotatable bonds is 4. The Labute approximate surface area is 81.8 Å². The first-order valence-electron chi connectivity index (χ1n) is 5.37. The molecule has 1 aliphatic rings. The van der Waals surface area contributed by atoms with Crippen LogP contribution in [0, 0.1) is 11.8 Å². The van der Waals surface area contributed by atoms with Crippen molar-refractivity contribution in [3.63, 3.8) is 0 Å². The van der Waals surface area contributed by atoms with Crippen LogP contribution in [0.4, 0.5) is 0 Å². The quantitative estimate of drug-likeness (QED) is 0.692. The van der Waals surface area contributed by atoms with Crippen LogP contribution in [0.5, 0.6) is 0 Å². The third-order valence-corrected chi connectivity index (χ3v) is 3.03. The van der Waals surface area contributed by atoms with E-state index in [0.29, 0.717) is 6.04 Å². The van der Waals surface area contributed by atoms with Gasteiger partial charge in [0.2, 0.25) is 0 Å². The van der Waals surface area contributed by atoms with E-state index in [0.717, 1.165) is 18.4 Å². The predicted octanol–water partition coefficient (Wildman–Crippen LogP) is 1.74. The molecule has 1 saturated heterocycles. The third kappa shape index (κ3) is 2.73. The number of nitrogens with one attached hydrogen (secondary N) is 2. The molecule has 76 valence electrons. The van der Waals surface area contributed by atoms with Crippen LogP contribution in [0.2, 0.25) is 0 Å². The van der Waals surface area contributed by atoms with E-state index in [9.17, 15) is 0 Å². The van der Waals surface area contributed by atoms with Gasteiger partial charge in [0.1, 0.15) is 0 Å². The van der Waals surface area contributed by atoms with Crippen LogP contribution in [-0.2, 0) is 0 Å². The van der Waals surface area contributed by atoms with Crippen LogP contribution in [0.25, 0.3) is 0 Å². The van der Waals surface area contributed by atoms with Crippen molar-refractivity contribution in [1.82, 2.24) is 10.6 Å². The maximum atomic E-state index is 3.74. The summed E-state index contributed by atoms with van der Waals surface area (Å²) < 4.78 is 0. The first-order chi connectivity index (χ1) is 6.29. The second kappa shape index (κ2) is 5.28. The normalized spacial score (nSPS) is 34.2. The lowest BCUT2D eigenvalue weighted by Crippen LogP contribution is -2.51. The third-order valence-electron chi connectivity index (χ3n) is 3.03. The van der Waals surface area contributed by atoms with Gasteiger partial charge in [-0.15, -0.1) is 0 Å². The highest BCUT2D eigenvalue weighted by molar-refractivity contribution is 4.89. The Morgan fingerprint density at radius 2 is 2.31 bits per heavy atom. The molecular weight excluding hydrogens is 160 g/mol. The zero-order valence-corrected chi connectivity index (χ0v) is 8.84. The minimum Gasteiger partial charge on any atom is -0.387 e. The standard InChI is InChI=1S/C11H22N2/c1-4-6-10-9(3)7-12-8-11(10)13-5-2/h5,9-13H,2,4,6-8H2,1,3H3. The Morgan fingerprint density at radius 3 is 2.92 bits per heavy atom. The van der Waals surface area contributed by atoms with Gasteiger partial charge in [-0.25, -0.2) is 0 Å². The van der Waals surface area contributed by atoms with Gasteiger partial charge >= 0.3 is 0 Å². The molecule has 3 atom stereocenters. The van der Waals surface area contributed by atoms with E-state index < -0.39 is 0 Å². The van der Waals surface area contributed by atoms with Crippen molar-refractivity contribution in [2.45, 2.75) is 32.7 Å². The molecule has 0 spiro atoms. The summed E-state index contributed by atoms with van der Waals surface area (Å²) in [6.45, 7) is 10.6. The van der Waals surface area contributed by atoms with Crippen molar-refractivity contribution >= 4 is 0 Å². The molecule has 13 heavy (non-hydrogen) atoms. The van der Waals surface area contributed by atoms with Gasteiger partial charge in [-0.2, -0.15) is 0 Å². The van der Waals surface area contributed by atoms with Crippen LogP contribution in [-0.4, -0.2) is 19.1 Å². The van der Waals surface area contributed by atoms with Gasteiger partial charge in [0.05, 0.1) is 0 Å². The van der Waals surface area contributed by atoms with Gasteiger partial charge < -0.3 is 10.6 Å². The largest absolute Gasteiger partial charge is 0.387 e. The van der Waals surface area contributed by atoms with E-state index in [-0.39, 0.29) is 0 Å². The summed E-state index contributed by atoms with van der Waals surface area (Å²) >= 11 is 0. The molecular formula is C11H22N2. The summed E-state index contributed by atoms with van der Waals surface area (Å²) in [5.41, 5.74) is 0. The topological polar surface area (TPSA) is 24.1 Å². The zero-order valence-electron chi connectivity index (χ0n) is 8.84. The van der Waals surface area contributed by atoms with Crippen molar-refractivity contribution < 1.29 is 0 Å². The maximum Gasteiger partial charge on any atom is 0.0411 e. The maximum absolute atomic E-state index is 3.74. The van der Waals surface area contributed by atoms with Gasteiger partial charge in [-0.3, -0.25) is 0 Å². The summed E-state index contributed by atoms with van der Waals surface area (Å²) in [5, 5.41) is 6.80. The monoisotopic (exact) mass is 182 g/mol. The second-order valence-electron chi connectivity index (χ2n) is 4.07. The van der Waals surface area contributed by atoms with E-state index in [1.165, 1.54) is 19.4 Å². The fourth-order valence-corrected chi connectivity index (χ4v) is 2.32. The molecule has 2 N–H and O–H groups in total. The van der Waals surface area contributed by atoms with Crippen LogP contribution in [0.3, 0.4) is 0 Å². The lowest BCUT2D eigenvalue weighted by atomic mass is 9.81. The Kier molecular flexibility index (Phi) is 4.29. The molecule has 0 aromatic heterocycles. The minimum atomic E-state index is 0.584. The van der Waals surface area contributed by atoms with E-state index in [1.807, 2.05) is 6.20 Å². The molecule has 0 amide bonds. The molecule has 1 aliphatic heterocycles. The van der Waals surface area contributed by atoms with Crippen LogP contribution in [0.15, 0.2) is 12.8 Å². The molecule has 0 saturated carbocycles. The molecule has 2 heteroatoms. The lowest BCUT2D eigenvalue weighted by Gasteiger charge is -2.37. The van der Waals surface area contributed by atoms with Crippen molar-refractivity contribution in [2.24, 2.45) is 11.8 Å². The summed E-state index contributed by atoms with van der Waals surface area (Å²) in [7, 11) is 0. The zero-order chi connectivity index (χ0) is 9.68. The summed E-state index contributed by atoms with van der Waals surface area (Å²) in [6, 6.07) is 0.584. The van der Waals surface area contributed by atoms with Crippen LogP contribution >= 0.6 is 0 Å². The molecule has 0 aromatic rings. The van der Waals surface area contributed by atoms with Gasteiger partial charge in [-0.1, -0.05) is 26.8 Å². The molecule has 1 fully saturated rings. The average molecular weight is 182 g/mol. The lowest BCUT2D eigenvalue weighted by molar-refractivity contribution is 0.205. The molecule has 0 aliphatic carbocycles. The van der Waals surface area contributed by atoms with Crippen molar-refractivity contribution in [1.29, 1.82) is 0 Å². The van der Waals surface area contributed by atoms with E-state index in [1.54, 1.807) is 0 Å². The fraction of sp³-hybridized carbons (Fsp3) is 0.818. The predicted molar refractivity (Wildman–Crippen MR) is 57.6 cm³/mol. The van der Waals surface area contributed by atoms with E-state index >= 15 is 0 Å². The molecule has 0 radical (unpaired) electrons. The molecule has 0 aromatic carbocycles. The first kappa shape index (κ1) is 10.6. The Balaban J connectivity index is 2.50. The molecule has 0 bridgehead atoms. The fourth-order valence-electron chi connectivity index (χ4n) is 2.32. The second-order valence-corrected chi connectivity index (χ2v) is 4.07. The van der Waals surface area contributed by atoms with Crippen molar-refractivity contribution in [3.05, 3.63) is 12.8 Å². The Morgan fingerprint density at radius 1 is 1.54 bits per heavy atom.